The smallest absolute Gasteiger partial charge is 0.118 e. The van der Waals surface area contributed by atoms with E-state index >= 15 is 0 Å². The molecular weight excluding hydrogens is 220 g/mol. The summed E-state index contributed by atoms with van der Waals surface area (Å²) in [6.07, 6.45) is 2.46. The Labute approximate surface area is 108 Å². The third-order valence-electron chi connectivity index (χ3n) is 3.29. The minimum Gasteiger partial charge on any atom is -0.497 e. The van der Waals surface area contributed by atoms with Gasteiger partial charge in [-0.15, -0.1) is 0 Å². The summed E-state index contributed by atoms with van der Waals surface area (Å²) in [5.74, 6) is 0.909. The zero-order valence-corrected chi connectivity index (χ0v) is 10.5. The van der Waals surface area contributed by atoms with Crippen molar-refractivity contribution in [2.45, 2.75) is 12.8 Å². The molecule has 0 spiro atoms. The van der Waals surface area contributed by atoms with Crippen LogP contribution in [-0.4, -0.2) is 7.11 Å². The molecule has 1 nitrogen and oxygen atoms in total. The van der Waals surface area contributed by atoms with E-state index < -0.39 is 0 Å². The van der Waals surface area contributed by atoms with Crippen molar-refractivity contribution >= 4 is 5.57 Å². The number of hydrogen-bond acceptors (Lipinski definition) is 1. The van der Waals surface area contributed by atoms with E-state index in [2.05, 4.69) is 42.5 Å². The maximum Gasteiger partial charge on any atom is 0.118 e. The van der Waals surface area contributed by atoms with Crippen molar-refractivity contribution in [1.29, 1.82) is 0 Å². The van der Waals surface area contributed by atoms with Gasteiger partial charge in [-0.2, -0.15) is 0 Å². The minimum atomic E-state index is 0.909. The first-order valence-corrected chi connectivity index (χ1v) is 6.30. The Bertz CT molecular complexity index is 558. The standard InChI is InChI=1S/C17H16O/c1-18-16-11-9-15(10-12-16)17(14-7-8-14)13-5-3-2-4-6-13/h2-6,9-12H,7-8H2,1H3. The van der Waals surface area contributed by atoms with E-state index in [1.165, 1.54) is 29.5 Å². The van der Waals surface area contributed by atoms with Crippen molar-refractivity contribution in [1.82, 2.24) is 0 Å². The second-order valence-electron chi connectivity index (χ2n) is 4.57. The number of methoxy groups -OCH3 is 1. The molecule has 1 aliphatic carbocycles. The first kappa shape index (κ1) is 11.1. The average Bonchev–Trinajstić information content (AvgIpc) is 3.26. The molecule has 0 heterocycles. The molecular formula is C17H16O. The van der Waals surface area contributed by atoms with Gasteiger partial charge in [0.2, 0.25) is 0 Å². The fourth-order valence-electron chi connectivity index (χ4n) is 2.25. The monoisotopic (exact) mass is 236 g/mol. The van der Waals surface area contributed by atoms with Crippen LogP contribution in [0.5, 0.6) is 5.75 Å². The molecule has 0 N–H and O–H groups in total. The Kier molecular flexibility index (Phi) is 2.89. The van der Waals surface area contributed by atoms with Gasteiger partial charge in [-0.05, 0) is 41.7 Å². The summed E-state index contributed by atoms with van der Waals surface area (Å²) in [7, 11) is 1.70. The van der Waals surface area contributed by atoms with E-state index in [0.717, 1.165) is 5.75 Å². The Balaban J connectivity index is 2.04. The molecule has 0 radical (unpaired) electrons. The van der Waals surface area contributed by atoms with Gasteiger partial charge in [0.25, 0.3) is 0 Å². The van der Waals surface area contributed by atoms with Crippen molar-refractivity contribution < 1.29 is 4.74 Å². The molecule has 2 aromatic carbocycles. The normalized spacial score (nSPS) is 13.3. The van der Waals surface area contributed by atoms with Crippen molar-refractivity contribution in [3.8, 4) is 5.75 Å². The highest BCUT2D eigenvalue weighted by Crippen LogP contribution is 2.40. The predicted octanol–water partition coefficient (Wildman–Crippen LogP) is 4.29. The summed E-state index contributed by atoms with van der Waals surface area (Å²) in [5, 5.41) is 0. The van der Waals surface area contributed by atoms with Crippen LogP contribution in [0.3, 0.4) is 0 Å². The second-order valence-corrected chi connectivity index (χ2v) is 4.57. The van der Waals surface area contributed by atoms with Gasteiger partial charge in [0.1, 0.15) is 5.75 Å². The van der Waals surface area contributed by atoms with Crippen LogP contribution < -0.4 is 4.74 Å². The van der Waals surface area contributed by atoms with Gasteiger partial charge in [-0.1, -0.05) is 48.0 Å². The lowest BCUT2D eigenvalue weighted by Crippen LogP contribution is -1.89. The minimum absolute atomic E-state index is 0.909. The largest absolute Gasteiger partial charge is 0.497 e. The van der Waals surface area contributed by atoms with Crippen LogP contribution in [0.15, 0.2) is 60.2 Å². The molecule has 0 bridgehead atoms. The average molecular weight is 236 g/mol. The van der Waals surface area contributed by atoms with Gasteiger partial charge in [-0.25, -0.2) is 0 Å². The zero-order valence-electron chi connectivity index (χ0n) is 10.5. The fourth-order valence-corrected chi connectivity index (χ4v) is 2.25. The fraction of sp³-hybridized carbons (Fsp3) is 0.176. The van der Waals surface area contributed by atoms with Crippen molar-refractivity contribution in [2.75, 3.05) is 7.11 Å². The summed E-state index contributed by atoms with van der Waals surface area (Å²) < 4.78 is 5.21. The van der Waals surface area contributed by atoms with Gasteiger partial charge in [0.15, 0.2) is 0 Å². The molecule has 0 aliphatic heterocycles. The summed E-state index contributed by atoms with van der Waals surface area (Å²) in [6, 6.07) is 19.0. The number of allylic oxidation sites excluding steroid dienone is 1. The summed E-state index contributed by atoms with van der Waals surface area (Å²) in [6.45, 7) is 0. The van der Waals surface area contributed by atoms with Crippen molar-refractivity contribution in [3.63, 3.8) is 0 Å². The third kappa shape index (κ3) is 2.17. The van der Waals surface area contributed by atoms with Crippen molar-refractivity contribution in [3.05, 3.63) is 71.3 Å². The molecule has 1 aliphatic rings. The molecule has 90 valence electrons. The predicted molar refractivity (Wildman–Crippen MR) is 74.7 cm³/mol. The molecule has 2 aromatic rings. The van der Waals surface area contributed by atoms with Crippen LogP contribution in [0.2, 0.25) is 0 Å². The maximum absolute atomic E-state index is 5.21. The van der Waals surface area contributed by atoms with Crippen LogP contribution in [0.25, 0.3) is 5.57 Å². The SMILES string of the molecule is COc1ccc(C(=C2CC2)c2ccccc2)cc1. The molecule has 0 amide bonds. The molecule has 1 saturated carbocycles. The molecule has 3 rings (SSSR count). The lowest BCUT2D eigenvalue weighted by molar-refractivity contribution is 0.415. The molecule has 0 atom stereocenters. The van der Waals surface area contributed by atoms with Gasteiger partial charge >= 0.3 is 0 Å². The van der Waals surface area contributed by atoms with Crippen LogP contribution >= 0.6 is 0 Å². The quantitative estimate of drug-likeness (QED) is 0.772. The Morgan fingerprint density at radius 3 is 2.00 bits per heavy atom. The first-order chi connectivity index (χ1) is 8.88. The van der Waals surface area contributed by atoms with Crippen LogP contribution in [0.4, 0.5) is 0 Å². The molecule has 0 unspecified atom stereocenters. The van der Waals surface area contributed by atoms with E-state index in [1.54, 1.807) is 12.7 Å². The Hall–Kier alpha value is -2.02. The van der Waals surface area contributed by atoms with Crippen LogP contribution in [0.1, 0.15) is 24.0 Å². The lowest BCUT2D eigenvalue weighted by Gasteiger charge is -2.09. The zero-order chi connectivity index (χ0) is 12.4. The van der Waals surface area contributed by atoms with Gasteiger partial charge in [-0.3, -0.25) is 0 Å². The van der Waals surface area contributed by atoms with E-state index in [0.29, 0.717) is 0 Å². The third-order valence-corrected chi connectivity index (χ3v) is 3.29. The molecule has 0 aromatic heterocycles. The van der Waals surface area contributed by atoms with Crippen LogP contribution in [-0.2, 0) is 0 Å². The van der Waals surface area contributed by atoms with Gasteiger partial charge in [0, 0.05) is 0 Å². The number of rotatable bonds is 3. The van der Waals surface area contributed by atoms with Crippen molar-refractivity contribution in [2.24, 2.45) is 0 Å². The van der Waals surface area contributed by atoms with E-state index in [9.17, 15) is 0 Å². The highest BCUT2D eigenvalue weighted by atomic mass is 16.5. The molecule has 1 heteroatoms. The summed E-state index contributed by atoms with van der Waals surface area (Å²) in [5.41, 5.74) is 5.56. The number of ether oxygens (including phenoxy) is 1. The van der Waals surface area contributed by atoms with E-state index in [-0.39, 0.29) is 0 Å². The maximum atomic E-state index is 5.21. The molecule has 18 heavy (non-hydrogen) atoms. The summed E-state index contributed by atoms with van der Waals surface area (Å²) >= 11 is 0. The number of hydrogen-bond donors (Lipinski definition) is 0. The highest BCUT2D eigenvalue weighted by molar-refractivity contribution is 5.84. The molecule has 0 saturated heterocycles. The van der Waals surface area contributed by atoms with E-state index in [4.69, 9.17) is 4.74 Å². The lowest BCUT2D eigenvalue weighted by atomic mass is 9.97. The Morgan fingerprint density at radius 2 is 1.44 bits per heavy atom. The number of benzene rings is 2. The van der Waals surface area contributed by atoms with Gasteiger partial charge < -0.3 is 4.74 Å². The first-order valence-electron chi connectivity index (χ1n) is 6.30. The van der Waals surface area contributed by atoms with Gasteiger partial charge in [0.05, 0.1) is 7.11 Å². The summed E-state index contributed by atoms with van der Waals surface area (Å²) in [4.78, 5) is 0. The Morgan fingerprint density at radius 1 is 0.833 bits per heavy atom. The molecule has 1 fully saturated rings. The second kappa shape index (κ2) is 4.69. The highest BCUT2D eigenvalue weighted by Gasteiger charge is 2.19. The van der Waals surface area contributed by atoms with E-state index in [1.807, 2.05) is 12.1 Å². The van der Waals surface area contributed by atoms with Crippen LogP contribution in [0, 0.1) is 0 Å². The topological polar surface area (TPSA) is 9.23 Å².